The summed E-state index contributed by atoms with van der Waals surface area (Å²) in [6.45, 7) is 0.499. The Balaban J connectivity index is 1.57. The minimum atomic E-state index is -4.74. The van der Waals surface area contributed by atoms with Crippen LogP contribution in [0.3, 0.4) is 0 Å². The number of hydrogen-bond donors (Lipinski definition) is 0. The van der Waals surface area contributed by atoms with Gasteiger partial charge in [-0.3, -0.25) is 4.79 Å². The number of alkyl halides is 3. The molecular weight excluding hydrogens is 361 g/mol. The summed E-state index contributed by atoms with van der Waals surface area (Å²) in [6.07, 6.45) is -3.50. The van der Waals surface area contributed by atoms with E-state index in [0.717, 1.165) is 5.52 Å². The molecule has 0 saturated carbocycles. The quantitative estimate of drug-likeness (QED) is 0.704. The number of amides is 1. The number of hydrogen-bond acceptors (Lipinski definition) is 4. The summed E-state index contributed by atoms with van der Waals surface area (Å²) in [6, 6.07) is 11.4. The van der Waals surface area contributed by atoms with Crippen LogP contribution in [-0.2, 0) is 17.8 Å². The number of carbonyl (C=O) groups excluding carboxylic acids is 1. The number of rotatable bonds is 3. The molecule has 1 aliphatic rings. The maximum Gasteiger partial charge on any atom is 0.573 e. The number of aromatic nitrogens is 3. The molecule has 1 aromatic heterocycles. The number of nitrogens with zero attached hydrogens (tertiary/aromatic N) is 4. The third-order valence-electron chi connectivity index (χ3n) is 4.41. The summed E-state index contributed by atoms with van der Waals surface area (Å²) >= 11 is 0. The van der Waals surface area contributed by atoms with Gasteiger partial charge in [0.1, 0.15) is 17.8 Å². The Bertz CT molecular complexity index is 1000. The third-order valence-corrected chi connectivity index (χ3v) is 4.41. The highest BCUT2D eigenvalue weighted by molar-refractivity contribution is 5.95. The first-order valence-corrected chi connectivity index (χ1v) is 8.38. The normalized spacial score (nSPS) is 14.3. The van der Waals surface area contributed by atoms with Crippen LogP contribution >= 0.6 is 0 Å². The first-order chi connectivity index (χ1) is 12.9. The highest BCUT2D eigenvalue weighted by atomic mass is 19.4. The van der Waals surface area contributed by atoms with Gasteiger partial charge >= 0.3 is 6.36 Å². The molecule has 4 rings (SSSR count). The second-order valence-corrected chi connectivity index (χ2v) is 6.22. The standard InChI is InChI=1S/C18H15F3N4O2/c19-18(20,21)27-13-7-8-15-12(10-13)4-3-9-24(15)17(26)11-25-16-6-2-1-5-14(16)22-23-25/h1-2,5-8,10H,3-4,9,11H2. The maximum atomic E-state index is 12.8. The first-order valence-electron chi connectivity index (χ1n) is 8.38. The van der Waals surface area contributed by atoms with Gasteiger partial charge in [0.15, 0.2) is 0 Å². The van der Waals surface area contributed by atoms with Gasteiger partial charge in [0, 0.05) is 12.2 Å². The summed E-state index contributed by atoms with van der Waals surface area (Å²) in [5, 5.41) is 8.04. The molecule has 0 bridgehead atoms. The van der Waals surface area contributed by atoms with Crippen LogP contribution < -0.4 is 9.64 Å². The molecule has 1 amide bonds. The lowest BCUT2D eigenvalue weighted by Crippen LogP contribution is -2.38. The molecule has 9 heteroatoms. The van der Waals surface area contributed by atoms with E-state index >= 15 is 0 Å². The predicted molar refractivity (Wildman–Crippen MR) is 91.3 cm³/mol. The van der Waals surface area contributed by atoms with Crippen LogP contribution in [0.25, 0.3) is 11.0 Å². The molecule has 0 radical (unpaired) electrons. The largest absolute Gasteiger partial charge is 0.573 e. The molecular formula is C18H15F3N4O2. The summed E-state index contributed by atoms with van der Waals surface area (Å²) in [7, 11) is 0. The average Bonchev–Trinajstić information content (AvgIpc) is 3.02. The van der Waals surface area contributed by atoms with E-state index in [0.29, 0.717) is 36.2 Å². The van der Waals surface area contributed by atoms with Crippen LogP contribution in [0.5, 0.6) is 5.75 Å². The highest BCUT2D eigenvalue weighted by Gasteiger charge is 2.32. The number of ether oxygens (including phenoxy) is 1. The van der Waals surface area contributed by atoms with E-state index in [-0.39, 0.29) is 18.2 Å². The Kier molecular flexibility index (Phi) is 4.21. The zero-order valence-electron chi connectivity index (χ0n) is 14.1. The zero-order valence-corrected chi connectivity index (χ0v) is 14.1. The van der Waals surface area contributed by atoms with Gasteiger partial charge in [-0.05, 0) is 48.7 Å². The molecule has 1 aliphatic heterocycles. The molecule has 27 heavy (non-hydrogen) atoms. The van der Waals surface area contributed by atoms with E-state index in [2.05, 4.69) is 15.0 Å². The molecule has 0 saturated heterocycles. The van der Waals surface area contributed by atoms with Crippen molar-refractivity contribution in [2.45, 2.75) is 25.7 Å². The van der Waals surface area contributed by atoms with Crippen molar-refractivity contribution in [2.75, 3.05) is 11.4 Å². The fourth-order valence-electron chi connectivity index (χ4n) is 3.28. The Labute approximate surface area is 152 Å². The molecule has 2 heterocycles. The Morgan fingerprint density at radius 1 is 1.19 bits per heavy atom. The van der Waals surface area contributed by atoms with Crippen LogP contribution in [0.4, 0.5) is 18.9 Å². The Hall–Kier alpha value is -3.10. The van der Waals surface area contributed by atoms with Crippen molar-refractivity contribution in [3.05, 3.63) is 48.0 Å². The van der Waals surface area contributed by atoms with Crippen LogP contribution in [0.15, 0.2) is 42.5 Å². The van der Waals surface area contributed by atoms with Crippen molar-refractivity contribution >= 4 is 22.6 Å². The summed E-state index contributed by atoms with van der Waals surface area (Å²) in [5.41, 5.74) is 2.69. The lowest BCUT2D eigenvalue weighted by atomic mass is 10.0. The molecule has 0 N–H and O–H groups in total. The average molecular weight is 376 g/mol. The second kappa shape index (κ2) is 6.57. The maximum absolute atomic E-state index is 12.8. The van der Waals surface area contributed by atoms with Crippen molar-refractivity contribution < 1.29 is 22.7 Å². The molecule has 2 aromatic carbocycles. The number of carbonyl (C=O) groups is 1. The Morgan fingerprint density at radius 3 is 2.81 bits per heavy atom. The first kappa shape index (κ1) is 17.3. The van der Waals surface area contributed by atoms with E-state index in [1.54, 1.807) is 4.90 Å². The van der Waals surface area contributed by atoms with E-state index in [1.807, 2.05) is 24.3 Å². The van der Waals surface area contributed by atoms with Gasteiger partial charge in [0.25, 0.3) is 0 Å². The second-order valence-electron chi connectivity index (χ2n) is 6.22. The molecule has 0 atom stereocenters. The smallest absolute Gasteiger partial charge is 0.406 e. The fourth-order valence-corrected chi connectivity index (χ4v) is 3.28. The van der Waals surface area contributed by atoms with Crippen molar-refractivity contribution in [2.24, 2.45) is 0 Å². The lowest BCUT2D eigenvalue weighted by Gasteiger charge is -2.30. The van der Waals surface area contributed by atoms with Crippen LogP contribution in [0.2, 0.25) is 0 Å². The van der Waals surface area contributed by atoms with Gasteiger partial charge in [0.2, 0.25) is 5.91 Å². The molecule has 6 nitrogen and oxygen atoms in total. The van der Waals surface area contributed by atoms with Crippen LogP contribution in [0.1, 0.15) is 12.0 Å². The van der Waals surface area contributed by atoms with Gasteiger partial charge in [-0.2, -0.15) is 0 Å². The van der Waals surface area contributed by atoms with Gasteiger partial charge in [-0.1, -0.05) is 17.3 Å². The Morgan fingerprint density at radius 2 is 2.00 bits per heavy atom. The number of aryl methyl sites for hydroxylation is 1. The topological polar surface area (TPSA) is 60.2 Å². The van der Waals surface area contributed by atoms with Gasteiger partial charge in [-0.25, -0.2) is 4.68 Å². The summed E-state index contributed by atoms with van der Waals surface area (Å²) < 4.78 is 42.7. The predicted octanol–water partition coefficient (Wildman–Crippen LogP) is 3.31. The fraction of sp³-hybridized carbons (Fsp3) is 0.278. The monoisotopic (exact) mass is 376 g/mol. The molecule has 0 unspecified atom stereocenters. The number of para-hydroxylation sites is 1. The van der Waals surface area contributed by atoms with E-state index in [4.69, 9.17) is 0 Å². The summed E-state index contributed by atoms with van der Waals surface area (Å²) in [4.78, 5) is 14.4. The zero-order chi connectivity index (χ0) is 19.0. The summed E-state index contributed by atoms with van der Waals surface area (Å²) in [5.74, 6) is -0.478. The number of fused-ring (bicyclic) bond motifs is 2. The van der Waals surface area contributed by atoms with E-state index < -0.39 is 6.36 Å². The lowest BCUT2D eigenvalue weighted by molar-refractivity contribution is -0.274. The number of anilines is 1. The molecule has 140 valence electrons. The van der Waals surface area contributed by atoms with Crippen LogP contribution in [0, 0.1) is 0 Å². The molecule has 3 aromatic rings. The van der Waals surface area contributed by atoms with Gasteiger partial charge in [-0.15, -0.1) is 18.3 Å². The molecule has 0 spiro atoms. The van der Waals surface area contributed by atoms with Crippen molar-refractivity contribution in [3.8, 4) is 5.75 Å². The van der Waals surface area contributed by atoms with Crippen molar-refractivity contribution in [1.29, 1.82) is 0 Å². The van der Waals surface area contributed by atoms with Crippen LogP contribution in [-0.4, -0.2) is 33.8 Å². The minimum Gasteiger partial charge on any atom is -0.406 e. The van der Waals surface area contributed by atoms with E-state index in [1.165, 1.54) is 22.9 Å². The van der Waals surface area contributed by atoms with Gasteiger partial charge < -0.3 is 9.64 Å². The van der Waals surface area contributed by atoms with E-state index in [9.17, 15) is 18.0 Å². The number of halogens is 3. The number of benzene rings is 2. The van der Waals surface area contributed by atoms with Gasteiger partial charge in [0.05, 0.1) is 5.52 Å². The molecule has 0 fully saturated rings. The third kappa shape index (κ3) is 3.57. The SMILES string of the molecule is O=C(Cn1nnc2ccccc21)N1CCCc2cc(OC(F)(F)F)ccc21. The molecule has 0 aliphatic carbocycles. The highest BCUT2D eigenvalue weighted by Crippen LogP contribution is 2.33. The van der Waals surface area contributed by atoms with Crippen molar-refractivity contribution in [1.82, 2.24) is 15.0 Å². The van der Waals surface area contributed by atoms with Crippen molar-refractivity contribution in [3.63, 3.8) is 0 Å². The minimum absolute atomic E-state index is 0.000750.